The van der Waals surface area contributed by atoms with Crippen LogP contribution in [-0.4, -0.2) is 20.1 Å². The van der Waals surface area contributed by atoms with E-state index in [0.29, 0.717) is 17.9 Å². The Kier molecular flexibility index (Phi) is 4.82. The number of carbonyl (C=O) groups is 1. The zero-order valence-corrected chi connectivity index (χ0v) is 12.5. The van der Waals surface area contributed by atoms with Crippen LogP contribution >= 0.6 is 0 Å². The van der Waals surface area contributed by atoms with Crippen molar-refractivity contribution < 1.29 is 14.3 Å². The van der Waals surface area contributed by atoms with Crippen LogP contribution in [0.15, 0.2) is 42.5 Å². The van der Waals surface area contributed by atoms with E-state index in [1.807, 2.05) is 37.3 Å². The molecule has 1 N–H and O–H groups in total. The largest absolute Gasteiger partial charge is 0.496 e. The molecule has 0 fully saturated rings. The summed E-state index contributed by atoms with van der Waals surface area (Å²) in [4.78, 5) is 12.2. The van der Waals surface area contributed by atoms with Gasteiger partial charge in [-0.25, -0.2) is 0 Å². The third-order valence-electron chi connectivity index (χ3n) is 3.30. The summed E-state index contributed by atoms with van der Waals surface area (Å²) in [5.41, 5.74) is 2.51. The van der Waals surface area contributed by atoms with E-state index in [0.717, 1.165) is 16.9 Å². The van der Waals surface area contributed by atoms with Crippen molar-refractivity contribution in [3.63, 3.8) is 0 Å². The molecule has 2 aromatic rings. The molecular weight excluding hydrogens is 266 g/mol. The van der Waals surface area contributed by atoms with Crippen molar-refractivity contribution in [3.05, 3.63) is 59.2 Å². The number of hydrogen-bond donors (Lipinski definition) is 1. The number of nitrogens with one attached hydrogen (secondary N) is 1. The summed E-state index contributed by atoms with van der Waals surface area (Å²) < 4.78 is 10.5. The third-order valence-corrected chi connectivity index (χ3v) is 3.30. The summed E-state index contributed by atoms with van der Waals surface area (Å²) in [6.07, 6.45) is 0. The average molecular weight is 285 g/mol. The van der Waals surface area contributed by atoms with E-state index in [-0.39, 0.29) is 5.91 Å². The summed E-state index contributed by atoms with van der Waals surface area (Å²) >= 11 is 0. The Bertz CT molecular complexity index is 638. The van der Waals surface area contributed by atoms with Crippen molar-refractivity contribution in [1.29, 1.82) is 0 Å². The molecule has 4 nitrogen and oxygen atoms in total. The fraction of sp³-hybridized carbons (Fsp3) is 0.235. The topological polar surface area (TPSA) is 47.6 Å². The first-order chi connectivity index (χ1) is 10.2. The predicted molar refractivity (Wildman–Crippen MR) is 81.9 cm³/mol. The Morgan fingerprint density at radius 1 is 1.05 bits per heavy atom. The molecule has 4 heteroatoms. The van der Waals surface area contributed by atoms with Crippen LogP contribution in [-0.2, 0) is 6.54 Å². The Balaban J connectivity index is 2.08. The van der Waals surface area contributed by atoms with Gasteiger partial charge in [-0.05, 0) is 30.7 Å². The van der Waals surface area contributed by atoms with Crippen LogP contribution in [0.2, 0.25) is 0 Å². The molecule has 0 atom stereocenters. The highest BCUT2D eigenvalue weighted by atomic mass is 16.5. The second-order valence-electron chi connectivity index (χ2n) is 4.68. The van der Waals surface area contributed by atoms with Gasteiger partial charge < -0.3 is 14.8 Å². The molecule has 21 heavy (non-hydrogen) atoms. The Morgan fingerprint density at radius 2 is 1.76 bits per heavy atom. The number of hydrogen-bond acceptors (Lipinski definition) is 3. The Morgan fingerprint density at radius 3 is 2.48 bits per heavy atom. The van der Waals surface area contributed by atoms with Crippen LogP contribution in [0.25, 0.3) is 0 Å². The van der Waals surface area contributed by atoms with Crippen molar-refractivity contribution in [2.75, 3.05) is 14.2 Å². The average Bonchev–Trinajstić information content (AvgIpc) is 2.53. The third kappa shape index (κ3) is 3.54. The van der Waals surface area contributed by atoms with E-state index >= 15 is 0 Å². The highest BCUT2D eigenvalue weighted by Gasteiger charge is 2.09. The minimum atomic E-state index is -0.140. The molecule has 0 aliphatic heterocycles. The monoisotopic (exact) mass is 285 g/mol. The number of methoxy groups -OCH3 is 2. The van der Waals surface area contributed by atoms with Crippen LogP contribution in [0, 0.1) is 6.92 Å². The molecule has 2 rings (SSSR count). The Hall–Kier alpha value is -2.49. The number of ether oxygens (including phenoxy) is 2. The standard InChI is InChI=1S/C17H19NO3/c1-12-8-9-13(10-16(12)21-3)17(19)18-11-14-6-4-5-7-15(14)20-2/h4-10H,11H2,1-3H3,(H,18,19). The molecule has 0 heterocycles. The van der Waals surface area contributed by atoms with Gasteiger partial charge in [-0.15, -0.1) is 0 Å². The number of para-hydroxylation sites is 1. The molecule has 0 bridgehead atoms. The minimum absolute atomic E-state index is 0.140. The first-order valence-electron chi connectivity index (χ1n) is 6.70. The zero-order valence-electron chi connectivity index (χ0n) is 12.5. The molecule has 110 valence electrons. The smallest absolute Gasteiger partial charge is 0.251 e. The Labute approximate surface area is 124 Å². The van der Waals surface area contributed by atoms with Gasteiger partial charge in [0.2, 0.25) is 0 Å². The number of aryl methyl sites for hydroxylation is 1. The van der Waals surface area contributed by atoms with E-state index in [1.165, 1.54) is 0 Å². The summed E-state index contributed by atoms with van der Waals surface area (Å²) in [5, 5.41) is 2.89. The van der Waals surface area contributed by atoms with Crippen molar-refractivity contribution in [3.8, 4) is 11.5 Å². The molecule has 2 aromatic carbocycles. The molecule has 0 radical (unpaired) electrons. The van der Waals surface area contributed by atoms with E-state index in [4.69, 9.17) is 9.47 Å². The van der Waals surface area contributed by atoms with Gasteiger partial charge in [-0.2, -0.15) is 0 Å². The molecule has 0 unspecified atom stereocenters. The van der Waals surface area contributed by atoms with Crippen molar-refractivity contribution in [2.45, 2.75) is 13.5 Å². The maximum Gasteiger partial charge on any atom is 0.251 e. The van der Waals surface area contributed by atoms with Crippen molar-refractivity contribution >= 4 is 5.91 Å². The van der Waals surface area contributed by atoms with Crippen LogP contribution in [0.4, 0.5) is 0 Å². The summed E-state index contributed by atoms with van der Waals surface area (Å²) in [6, 6.07) is 13.0. The fourth-order valence-electron chi connectivity index (χ4n) is 2.09. The van der Waals surface area contributed by atoms with Crippen LogP contribution in [0.5, 0.6) is 11.5 Å². The first kappa shape index (κ1) is 14.9. The van der Waals surface area contributed by atoms with Gasteiger partial charge in [0.15, 0.2) is 0 Å². The number of carbonyl (C=O) groups excluding carboxylic acids is 1. The quantitative estimate of drug-likeness (QED) is 0.918. The predicted octanol–water partition coefficient (Wildman–Crippen LogP) is 2.94. The van der Waals surface area contributed by atoms with Crippen LogP contribution < -0.4 is 14.8 Å². The van der Waals surface area contributed by atoms with Crippen molar-refractivity contribution in [1.82, 2.24) is 5.32 Å². The highest BCUT2D eigenvalue weighted by Crippen LogP contribution is 2.20. The van der Waals surface area contributed by atoms with Crippen molar-refractivity contribution in [2.24, 2.45) is 0 Å². The van der Waals surface area contributed by atoms with Gasteiger partial charge in [-0.1, -0.05) is 24.3 Å². The van der Waals surface area contributed by atoms with Gasteiger partial charge in [0.05, 0.1) is 14.2 Å². The molecule has 0 saturated carbocycles. The van der Waals surface area contributed by atoms with Gasteiger partial charge in [-0.3, -0.25) is 4.79 Å². The fourth-order valence-corrected chi connectivity index (χ4v) is 2.09. The lowest BCUT2D eigenvalue weighted by Crippen LogP contribution is -2.23. The molecule has 0 saturated heterocycles. The molecule has 0 aliphatic carbocycles. The van der Waals surface area contributed by atoms with Gasteiger partial charge in [0, 0.05) is 17.7 Å². The van der Waals surface area contributed by atoms with E-state index in [9.17, 15) is 4.79 Å². The number of amides is 1. The SMILES string of the molecule is COc1cc(C(=O)NCc2ccccc2OC)ccc1C. The molecule has 0 aromatic heterocycles. The molecule has 0 spiro atoms. The molecule has 0 aliphatic rings. The zero-order chi connectivity index (χ0) is 15.2. The van der Waals surface area contributed by atoms with E-state index < -0.39 is 0 Å². The van der Waals surface area contributed by atoms with E-state index in [1.54, 1.807) is 26.4 Å². The normalized spacial score (nSPS) is 10.0. The van der Waals surface area contributed by atoms with Crippen LogP contribution in [0.3, 0.4) is 0 Å². The van der Waals surface area contributed by atoms with Gasteiger partial charge >= 0.3 is 0 Å². The summed E-state index contributed by atoms with van der Waals surface area (Å²) in [5.74, 6) is 1.33. The van der Waals surface area contributed by atoms with Crippen LogP contribution in [0.1, 0.15) is 21.5 Å². The lowest BCUT2D eigenvalue weighted by atomic mass is 10.1. The number of rotatable bonds is 5. The molecule has 1 amide bonds. The minimum Gasteiger partial charge on any atom is -0.496 e. The lowest BCUT2D eigenvalue weighted by molar-refractivity contribution is 0.0950. The highest BCUT2D eigenvalue weighted by molar-refractivity contribution is 5.94. The van der Waals surface area contributed by atoms with E-state index in [2.05, 4.69) is 5.32 Å². The van der Waals surface area contributed by atoms with Gasteiger partial charge in [0.1, 0.15) is 11.5 Å². The maximum absolute atomic E-state index is 12.2. The summed E-state index contributed by atoms with van der Waals surface area (Å²) in [6.45, 7) is 2.36. The first-order valence-corrected chi connectivity index (χ1v) is 6.70. The molecular formula is C17H19NO3. The maximum atomic E-state index is 12.2. The second kappa shape index (κ2) is 6.79. The van der Waals surface area contributed by atoms with Gasteiger partial charge in [0.25, 0.3) is 5.91 Å². The lowest BCUT2D eigenvalue weighted by Gasteiger charge is -2.11. The summed E-state index contributed by atoms with van der Waals surface area (Å²) in [7, 11) is 3.21. The number of benzene rings is 2. The second-order valence-corrected chi connectivity index (χ2v) is 4.68.